The molecule has 7 nitrogen and oxygen atoms in total. The summed E-state index contributed by atoms with van der Waals surface area (Å²) in [6.07, 6.45) is 0.829. The van der Waals surface area contributed by atoms with Crippen molar-refractivity contribution in [2.75, 3.05) is 11.9 Å². The number of hydrogen-bond donors (Lipinski definition) is 1. The zero-order valence-corrected chi connectivity index (χ0v) is 16.6. The maximum atomic E-state index is 12.9. The van der Waals surface area contributed by atoms with E-state index < -0.39 is 11.8 Å². The van der Waals surface area contributed by atoms with Gasteiger partial charge in [0.25, 0.3) is 0 Å². The van der Waals surface area contributed by atoms with Gasteiger partial charge in [-0.25, -0.2) is 4.79 Å². The average molecular weight is 395 g/mol. The van der Waals surface area contributed by atoms with Crippen LogP contribution in [0.4, 0.5) is 5.69 Å². The van der Waals surface area contributed by atoms with E-state index in [0.717, 1.165) is 6.42 Å². The lowest BCUT2D eigenvalue weighted by atomic mass is 10.2. The number of nitrogens with zero attached hydrogens (tertiary/aromatic N) is 2. The summed E-state index contributed by atoms with van der Waals surface area (Å²) in [4.78, 5) is 39.2. The predicted molar refractivity (Wildman–Crippen MR) is 112 cm³/mol. The van der Waals surface area contributed by atoms with Gasteiger partial charge in [0.2, 0.25) is 11.8 Å². The third-order valence-corrected chi connectivity index (χ3v) is 4.80. The number of hydrogen-bond acceptors (Lipinski definition) is 4. The lowest BCUT2D eigenvalue weighted by molar-refractivity contribution is -0.138. The number of anilines is 1. The molecule has 0 aliphatic carbocycles. The smallest absolute Gasteiger partial charge is 0.408 e. The highest BCUT2D eigenvalue weighted by Crippen LogP contribution is 2.14. The van der Waals surface area contributed by atoms with Gasteiger partial charge in [0.05, 0.1) is 5.52 Å². The molecule has 1 N–H and O–H groups in total. The van der Waals surface area contributed by atoms with Crippen LogP contribution in [0.3, 0.4) is 0 Å². The summed E-state index contributed by atoms with van der Waals surface area (Å²) >= 11 is 0. The van der Waals surface area contributed by atoms with E-state index in [9.17, 15) is 14.4 Å². The van der Waals surface area contributed by atoms with Crippen LogP contribution in [0, 0.1) is 0 Å². The molecule has 0 spiro atoms. The monoisotopic (exact) mass is 395 g/mol. The minimum Gasteiger partial charge on any atom is -0.408 e. The first-order chi connectivity index (χ1) is 14.0. The minimum atomic E-state index is -0.625. The zero-order valence-electron chi connectivity index (χ0n) is 16.6. The molecule has 152 valence electrons. The molecule has 3 rings (SSSR count). The van der Waals surface area contributed by atoms with Crippen LogP contribution in [0.15, 0.2) is 63.8 Å². The van der Waals surface area contributed by atoms with Crippen molar-refractivity contribution in [1.29, 1.82) is 0 Å². The summed E-state index contributed by atoms with van der Waals surface area (Å²) < 4.78 is 6.66. The van der Waals surface area contributed by atoms with Gasteiger partial charge in [0.1, 0.15) is 6.04 Å². The van der Waals surface area contributed by atoms with E-state index in [0.29, 0.717) is 23.3 Å². The van der Waals surface area contributed by atoms with Crippen molar-refractivity contribution in [3.8, 4) is 0 Å². The molecule has 2 aromatic carbocycles. The number of rotatable bonds is 8. The number of fused-ring (bicyclic) bond motifs is 1. The Balaban J connectivity index is 1.69. The normalized spacial score (nSPS) is 11.9. The maximum Gasteiger partial charge on any atom is 0.419 e. The van der Waals surface area contributed by atoms with Crippen LogP contribution in [-0.4, -0.2) is 33.9 Å². The molecule has 0 saturated heterocycles. The second kappa shape index (κ2) is 9.23. The second-order valence-electron chi connectivity index (χ2n) is 6.86. The molecule has 1 unspecified atom stereocenters. The molecule has 7 heteroatoms. The molecule has 1 atom stereocenters. The molecule has 0 aliphatic heterocycles. The van der Waals surface area contributed by atoms with Gasteiger partial charge in [-0.3, -0.25) is 14.2 Å². The molecular weight excluding hydrogens is 370 g/mol. The lowest BCUT2D eigenvalue weighted by Gasteiger charge is -2.28. The highest BCUT2D eigenvalue weighted by atomic mass is 16.4. The van der Waals surface area contributed by atoms with Crippen molar-refractivity contribution in [3.63, 3.8) is 0 Å². The number of nitrogens with one attached hydrogen (secondary N) is 1. The summed E-state index contributed by atoms with van der Waals surface area (Å²) in [5.74, 6) is -0.917. The SMILES string of the molecule is CCCN(C(=O)CCn1c(=O)oc2ccccc21)C(C)C(=O)Nc1ccccc1. The van der Waals surface area contributed by atoms with Gasteiger partial charge in [-0.05, 0) is 37.6 Å². The molecular formula is C22H25N3O4. The molecule has 29 heavy (non-hydrogen) atoms. The first kappa shape index (κ1) is 20.4. The zero-order chi connectivity index (χ0) is 20.8. The molecule has 0 fully saturated rings. The predicted octanol–water partition coefficient (Wildman–Crippen LogP) is 3.25. The standard InChI is InChI=1S/C22H25N3O4/c1-3-14-24(16(2)21(27)23-17-9-5-4-6-10-17)20(26)13-15-25-18-11-7-8-12-19(18)29-22(25)28/h4-12,16H,3,13-15H2,1-2H3,(H,23,27). The molecule has 0 radical (unpaired) electrons. The number of benzene rings is 2. The Labute approximate surface area is 168 Å². The van der Waals surface area contributed by atoms with E-state index in [-0.39, 0.29) is 24.8 Å². The summed E-state index contributed by atoms with van der Waals surface area (Å²) in [6.45, 7) is 4.33. The number of oxazole rings is 1. The van der Waals surface area contributed by atoms with E-state index >= 15 is 0 Å². The topological polar surface area (TPSA) is 84.6 Å². The van der Waals surface area contributed by atoms with Crippen LogP contribution in [0.5, 0.6) is 0 Å². The third kappa shape index (κ3) is 4.74. The van der Waals surface area contributed by atoms with E-state index in [1.165, 1.54) is 4.57 Å². The Bertz CT molecular complexity index is 1040. The molecule has 0 saturated carbocycles. The Kier molecular flexibility index (Phi) is 6.49. The average Bonchev–Trinajstić information content (AvgIpc) is 3.05. The van der Waals surface area contributed by atoms with Gasteiger partial charge in [0.15, 0.2) is 5.58 Å². The minimum absolute atomic E-state index is 0.104. The summed E-state index contributed by atoms with van der Waals surface area (Å²) in [5.41, 5.74) is 1.83. The number of aromatic nitrogens is 1. The molecule has 1 heterocycles. The summed E-state index contributed by atoms with van der Waals surface area (Å²) in [6, 6.07) is 15.6. The molecule has 0 bridgehead atoms. The molecule has 0 aliphatic rings. The van der Waals surface area contributed by atoms with Crippen LogP contribution in [0.1, 0.15) is 26.7 Å². The summed E-state index contributed by atoms with van der Waals surface area (Å²) in [7, 11) is 0. The second-order valence-corrected chi connectivity index (χ2v) is 6.86. The van der Waals surface area contributed by atoms with Gasteiger partial charge in [-0.15, -0.1) is 0 Å². The Hall–Kier alpha value is -3.35. The number of carbonyl (C=O) groups is 2. The Morgan fingerprint density at radius 1 is 1.10 bits per heavy atom. The van der Waals surface area contributed by atoms with Crippen LogP contribution in [-0.2, 0) is 16.1 Å². The quantitative estimate of drug-likeness (QED) is 0.634. The first-order valence-corrected chi connectivity index (χ1v) is 9.75. The fraction of sp³-hybridized carbons (Fsp3) is 0.318. The fourth-order valence-corrected chi connectivity index (χ4v) is 3.26. The van der Waals surface area contributed by atoms with Gasteiger partial charge in [-0.2, -0.15) is 0 Å². The van der Waals surface area contributed by atoms with E-state index in [1.54, 1.807) is 42.2 Å². The van der Waals surface area contributed by atoms with Crippen molar-refractivity contribution >= 4 is 28.6 Å². The Morgan fingerprint density at radius 3 is 2.52 bits per heavy atom. The van der Waals surface area contributed by atoms with Crippen molar-refractivity contribution in [1.82, 2.24) is 9.47 Å². The van der Waals surface area contributed by atoms with Crippen molar-refractivity contribution < 1.29 is 14.0 Å². The molecule has 3 aromatic rings. The molecule has 2 amide bonds. The van der Waals surface area contributed by atoms with Gasteiger partial charge < -0.3 is 14.6 Å². The maximum absolute atomic E-state index is 12.9. The van der Waals surface area contributed by atoms with Crippen molar-refractivity contribution in [3.05, 3.63) is 65.1 Å². The fourth-order valence-electron chi connectivity index (χ4n) is 3.26. The van der Waals surface area contributed by atoms with Gasteiger partial charge in [-0.1, -0.05) is 37.3 Å². The van der Waals surface area contributed by atoms with E-state index in [2.05, 4.69) is 5.32 Å². The number of amides is 2. The largest absolute Gasteiger partial charge is 0.419 e. The van der Waals surface area contributed by atoms with Crippen molar-refractivity contribution in [2.45, 2.75) is 39.3 Å². The van der Waals surface area contributed by atoms with Crippen LogP contribution in [0.25, 0.3) is 11.1 Å². The number of para-hydroxylation sites is 3. The molecule has 1 aromatic heterocycles. The van der Waals surface area contributed by atoms with E-state index in [4.69, 9.17) is 4.42 Å². The van der Waals surface area contributed by atoms with E-state index in [1.807, 2.05) is 31.2 Å². The van der Waals surface area contributed by atoms with Gasteiger partial charge in [0, 0.05) is 25.2 Å². The number of carbonyl (C=O) groups excluding carboxylic acids is 2. The van der Waals surface area contributed by atoms with Crippen LogP contribution in [0.2, 0.25) is 0 Å². The lowest BCUT2D eigenvalue weighted by Crippen LogP contribution is -2.46. The van der Waals surface area contributed by atoms with Gasteiger partial charge >= 0.3 is 5.76 Å². The third-order valence-electron chi connectivity index (χ3n) is 4.80. The highest BCUT2D eigenvalue weighted by Gasteiger charge is 2.25. The van der Waals surface area contributed by atoms with Crippen LogP contribution >= 0.6 is 0 Å². The Morgan fingerprint density at radius 2 is 1.79 bits per heavy atom. The van der Waals surface area contributed by atoms with Crippen LogP contribution < -0.4 is 11.1 Å². The van der Waals surface area contributed by atoms with Crippen molar-refractivity contribution in [2.24, 2.45) is 0 Å². The first-order valence-electron chi connectivity index (χ1n) is 9.75. The number of aryl methyl sites for hydroxylation is 1. The summed E-state index contributed by atoms with van der Waals surface area (Å²) in [5, 5.41) is 2.84. The highest BCUT2D eigenvalue weighted by molar-refractivity contribution is 5.96.